The fourth-order valence-electron chi connectivity index (χ4n) is 5.00. The highest BCUT2D eigenvalue weighted by Crippen LogP contribution is 2.54. The SMILES string of the molecule is CCC1(CCCCl)CC[C@@H]2C(=C1O)c1ccccc1N2Cc1ccccc1. The van der Waals surface area contributed by atoms with E-state index in [0.29, 0.717) is 11.6 Å². The van der Waals surface area contributed by atoms with Gasteiger partial charge < -0.3 is 10.0 Å². The molecule has 1 N–H and O–H groups in total. The van der Waals surface area contributed by atoms with E-state index in [9.17, 15) is 5.11 Å². The van der Waals surface area contributed by atoms with Crippen LogP contribution in [0.1, 0.15) is 50.2 Å². The average molecular weight is 382 g/mol. The summed E-state index contributed by atoms with van der Waals surface area (Å²) < 4.78 is 0. The molecule has 0 saturated heterocycles. The molecule has 4 rings (SSSR count). The number of halogens is 1. The largest absolute Gasteiger partial charge is 0.511 e. The average Bonchev–Trinajstić information content (AvgIpc) is 3.03. The third-order valence-electron chi connectivity index (χ3n) is 6.53. The van der Waals surface area contributed by atoms with Gasteiger partial charge in [-0.25, -0.2) is 0 Å². The molecule has 0 fully saturated rings. The van der Waals surface area contributed by atoms with E-state index < -0.39 is 0 Å². The van der Waals surface area contributed by atoms with Crippen LogP contribution in [-0.2, 0) is 6.54 Å². The van der Waals surface area contributed by atoms with E-state index in [4.69, 9.17) is 11.6 Å². The van der Waals surface area contributed by atoms with Crippen LogP contribution in [0.5, 0.6) is 0 Å². The molecule has 2 aromatic carbocycles. The Kier molecular flexibility index (Phi) is 5.19. The Morgan fingerprint density at radius 3 is 2.59 bits per heavy atom. The summed E-state index contributed by atoms with van der Waals surface area (Å²) in [5.74, 6) is 1.28. The molecule has 142 valence electrons. The predicted octanol–water partition coefficient (Wildman–Crippen LogP) is 6.55. The van der Waals surface area contributed by atoms with Gasteiger partial charge in [0.2, 0.25) is 0 Å². The van der Waals surface area contributed by atoms with Crippen LogP contribution < -0.4 is 4.90 Å². The summed E-state index contributed by atoms with van der Waals surface area (Å²) in [6, 6.07) is 19.4. The van der Waals surface area contributed by atoms with E-state index in [1.165, 1.54) is 16.8 Å². The monoisotopic (exact) mass is 381 g/mol. The number of fused-ring (bicyclic) bond motifs is 3. The quantitative estimate of drug-likeness (QED) is 0.573. The van der Waals surface area contributed by atoms with Gasteiger partial charge in [0.1, 0.15) is 5.76 Å². The summed E-state index contributed by atoms with van der Waals surface area (Å²) in [7, 11) is 0. The zero-order valence-corrected chi connectivity index (χ0v) is 16.8. The number of benzene rings is 2. The van der Waals surface area contributed by atoms with Crippen LogP contribution in [0, 0.1) is 5.41 Å². The van der Waals surface area contributed by atoms with Crippen molar-refractivity contribution >= 4 is 22.9 Å². The van der Waals surface area contributed by atoms with Gasteiger partial charge in [-0.1, -0.05) is 55.5 Å². The van der Waals surface area contributed by atoms with E-state index in [0.717, 1.165) is 44.2 Å². The zero-order chi connectivity index (χ0) is 18.9. The van der Waals surface area contributed by atoms with Gasteiger partial charge in [0, 0.05) is 34.7 Å². The topological polar surface area (TPSA) is 23.5 Å². The van der Waals surface area contributed by atoms with Gasteiger partial charge in [-0.15, -0.1) is 11.6 Å². The van der Waals surface area contributed by atoms with Crippen LogP contribution in [0.15, 0.2) is 60.4 Å². The minimum absolute atomic E-state index is 0.114. The number of para-hydroxylation sites is 1. The second-order valence-electron chi connectivity index (χ2n) is 7.87. The number of nitrogens with zero attached hydrogens (tertiary/aromatic N) is 1. The number of aliphatic hydroxyl groups excluding tert-OH is 1. The van der Waals surface area contributed by atoms with Crippen LogP contribution in [0.4, 0.5) is 5.69 Å². The minimum atomic E-state index is -0.114. The highest BCUT2D eigenvalue weighted by Gasteiger charge is 2.46. The maximum absolute atomic E-state index is 11.5. The molecule has 2 aliphatic rings. The van der Waals surface area contributed by atoms with Crippen molar-refractivity contribution in [3.63, 3.8) is 0 Å². The normalized spacial score (nSPS) is 24.1. The maximum Gasteiger partial charge on any atom is 0.104 e. The smallest absolute Gasteiger partial charge is 0.104 e. The lowest BCUT2D eigenvalue weighted by Gasteiger charge is -2.41. The molecule has 3 heteroatoms. The second-order valence-corrected chi connectivity index (χ2v) is 8.25. The Bertz CT molecular complexity index is 831. The van der Waals surface area contributed by atoms with Gasteiger partial charge in [0.05, 0.1) is 6.04 Å². The highest BCUT2D eigenvalue weighted by atomic mass is 35.5. The predicted molar refractivity (Wildman–Crippen MR) is 114 cm³/mol. The van der Waals surface area contributed by atoms with Gasteiger partial charge in [0.25, 0.3) is 0 Å². The Morgan fingerprint density at radius 1 is 1.11 bits per heavy atom. The Labute approximate surface area is 167 Å². The van der Waals surface area contributed by atoms with Gasteiger partial charge in [-0.2, -0.15) is 0 Å². The van der Waals surface area contributed by atoms with Crippen molar-refractivity contribution in [1.29, 1.82) is 0 Å². The molecule has 27 heavy (non-hydrogen) atoms. The highest BCUT2D eigenvalue weighted by molar-refractivity contribution is 6.17. The molecule has 0 radical (unpaired) electrons. The number of anilines is 1. The summed E-state index contributed by atoms with van der Waals surface area (Å²) in [4.78, 5) is 2.48. The molecular weight excluding hydrogens is 354 g/mol. The number of alkyl halides is 1. The number of hydrogen-bond donors (Lipinski definition) is 1. The molecule has 0 saturated carbocycles. The van der Waals surface area contributed by atoms with Crippen molar-refractivity contribution in [3.05, 3.63) is 71.5 Å². The number of hydrogen-bond acceptors (Lipinski definition) is 2. The molecule has 1 unspecified atom stereocenters. The minimum Gasteiger partial charge on any atom is -0.511 e. The van der Waals surface area contributed by atoms with Gasteiger partial charge in [-0.05, 0) is 43.7 Å². The van der Waals surface area contributed by atoms with Crippen LogP contribution in [0.3, 0.4) is 0 Å². The molecular formula is C24H28ClNO. The first-order chi connectivity index (χ1) is 13.2. The fraction of sp³-hybridized carbons (Fsp3) is 0.417. The van der Waals surface area contributed by atoms with Crippen molar-refractivity contribution in [3.8, 4) is 0 Å². The van der Waals surface area contributed by atoms with E-state index in [2.05, 4.69) is 66.4 Å². The zero-order valence-electron chi connectivity index (χ0n) is 16.0. The van der Waals surface area contributed by atoms with Crippen LogP contribution in [0.25, 0.3) is 5.57 Å². The van der Waals surface area contributed by atoms with Crippen LogP contribution >= 0.6 is 11.6 Å². The van der Waals surface area contributed by atoms with Crippen molar-refractivity contribution in [2.24, 2.45) is 5.41 Å². The lowest BCUT2D eigenvalue weighted by Crippen LogP contribution is -2.38. The Hall–Kier alpha value is -1.93. The third kappa shape index (κ3) is 3.14. The lowest BCUT2D eigenvalue weighted by atomic mass is 9.68. The molecule has 0 aromatic heterocycles. The molecule has 0 bridgehead atoms. The molecule has 1 heterocycles. The van der Waals surface area contributed by atoms with Crippen molar-refractivity contribution in [2.45, 2.75) is 51.6 Å². The molecule has 2 aromatic rings. The van der Waals surface area contributed by atoms with E-state index in [1.54, 1.807) is 0 Å². The van der Waals surface area contributed by atoms with Gasteiger partial charge >= 0.3 is 0 Å². The van der Waals surface area contributed by atoms with Crippen LogP contribution in [0.2, 0.25) is 0 Å². The summed E-state index contributed by atoms with van der Waals surface area (Å²) in [5.41, 5.74) is 4.81. The summed E-state index contributed by atoms with van der Waals surface area (Å²) in [6.45, 7) is 3.08. The first-order valence-corrected chi connectivity index (χ1v) is 10.6. The van der Waals surface area contributed by atoms with Gasteiger partial charge in [0.15, 0.2) is 0 Å². The van der Waals surface area contributed by atoms with Crippen LogP contribution in [-0.4, -0.2) is 17.0 Å². The molecule has 2 nitrogen and oxygen atoms in total. The third-order valence-corrected chi connectivity index (χ3v) is 6.80. The molecule has 0 spiro atoms. The van der Waals surface area contributed by atoms with Gasteiger partial charge in [-0.3, -0.25) is 0 Å². The van der Waals surface area contributed by atoms with Crippen molar-refractivity contribution in [2.75, 3.05) is 10.8 Å². The lowest BCUT2D eigenvalue weighted by molar-refractivity contribution is 0.165. The second kappa shape index (κ2) is 7.59. The summed E-state index contributed by atoms with van der Waals surface area (Å²) in [6.07, 6.45) is 4.99. The number of aliphatic hydroxyl groups is 1. The molecule has 1 aliphatic heterocycles. The van der Waals surface area contributed by atoms with E-state index in [-0.39, 0.29) is 11.5 Å². The molecule has 2 atom stereocenters. The standard InChI is InChI=1S/C24H28ClNO/c1-2-24(14-8-16-25)15-13-21-22(23(24)27)19-11-6-7-12-20(19)26(21)17-18-9-4-3-5-10-18/h3-7,9-12,21,27H,2,8,13-17H2,1H3/t21-,24?/m1/s1. The first kappa shape index (κ1) is 18.4. The van der Waals surface area contributed by atoms with E-state index >= 15 is 0 Å². The van der Waals surface area contributed by atoms with E-state index in [1.807, 2.05) is 0 Å². The molecule has 1 aliphatic carbocycles. The summed E-state index contributed by atoms with van der Waals surface area (Å²) >= 11 is 5.99. The molecule has 0 amide bonds. The van der Waals surface area contributed by atoms with Crippen molar-refractivity contribution in [1.82, 2.24) is 0 Å². The number of rotatable bonds is 6. The fourth-order valence-corrected chi connectivity index (χ4v) is 5.14. The Balaban J connectivity index is 1.77. The number of allylic oxidation sites excluding steroid dienone is 1. The van der Waals surface area contributed by atoms with Crippen molar-refractivity contribution < 1.29 is 5.11 Å². The summed E-state index contributed by atoms with van der Waals surface area (Å²) in [5, 5.41) is 11.5. The first-order valence-electron chi connectivity index (χ1n) is 10.1. The maximum atomic E-state index is 11.5. The Morgan fingerprint density at radius 2 is 1.85 bits per heavy atom.